The third kappa shape index (κ3) is 4.08. The maximum Gasteiger partial charge on any atom is 0.337 e. The lowest BCUT2D eigenvalue weighted by atomic mass is 10.2. The Kier molecular flexibility index (Phi) is 5.31. The molecule has 136 valence electrons. The molecule has 1 amide bonds. The summed E-state index contributed by atoms with van der Waals surface area (Å²) in [6.45, 7) is 4.30. The van der Waals surface area contributed by atoms with Crippen molar-refractivity contribution in [1.29, 1.82) is 0 Å². The minimum atomic E-state index is -0.389. The molecule has 0 unspecified atom stereocenters. The highest BCUT2D eigenvalue weighted by atomic mass is 16.5. The number of ether oxygens (including phenoxy) is 1. The molecule has 1 fully saturated rings. The number of aromatic nitrogens is 2. The van der Waals surface area contributed by atoms with Crippen LogP contribution in [0.3, 0.4) is 0 Å². The number of carbonyl (C=O) groups is 2. The Bertz CT molecular complexity index is 803. The second kappa shape index (κ2) is 7.81. The highest BCUT2D eigenvalue weighted by Gasteiger charge is 2.20. The number of anilines is 3. The predicted octanol–water partition coefficient (Wildman–Crippen LogP) is 1.68. The van der Waals surface area contributed by atoms with Gasteiger partial charge in [-0.25, -0.2) is 9.78 Å². The third-order valence-corrected chi connectivity index (χ3v) is 4.21. The van der Waals surface area contributed by atoms with Crippen molar-refractivity contribution in [3.05, 3.63) is 42.1 Å². The van der Waals surface area contributed by atoms with Crippen LogP contribution in [-0.2, 0) is 9.53 Å². The number of methoxy groups -OCH3 is 1. The van der Waals surface area contributed by atoms with E-state index in [2.05, 4.69) is 20.2 Å². The molecule has 2 heterocycles. The zero-order valence-corrected chi connectivity index (χ0v) is 14.8. The van der Waals surface area contributed by atoms with Gasteiger partial charge < -0.3 is 19.9 Å². The van der Waals surface area contributed by atoms with Crippen LogP contribution in [0, 0.1) is 0 Å². The molecule has 26 heavy (non-hydrogen) atoms. The van der Waals surface area contributed by atoms with Crippen molar-refractivity contribution >= 4 is 29.3 Å². The number of benzene rings is 1. The van der Waals surface area contributed by atoms with Crippen molar-refractivity contribution < 1.29 is 14.3 Å². The van der Waals surface area contributed by atoms with E-state index >= 15 is 0 Å². The SMILES string of the molecule is COC(=O)c1cccc(Nc2ccnc(N3CCN(C(C)=O)CC3)n2)c1. The molecule has 3 rings (SSSR count). The van der Waals surface area contributed by atoms with E-state index in [0.717, 1.165) is 5.69 Å². The summed E-state index contributed by atoms with van der Waals surface area (Å²) in [5, 5.41) is 3.18. The molecule has 2 aromatic rings. The highest BCUT2D eigenvalue weighted by molar-refractivity contribution is 5.90. The van der Waals surface area contributed by atoms with Crippen LogP contribution >= 0.6 is 0 Å². The minimum Gasteiger partial charge on any atom is -0.465 e. The summed E-state index contributed by atoms with van der Waals surface area (Å²) < 4.78 is 4.74. The van der Waals surface area contributed by atoms with Crippen molar-refractivity contribution in [2.75, 3.05) is 43.5 Å². The molecule has 0 radical (unpaired) electrons. The van der Waals surface area contributed by atoms with E-state index < -0.39 is 0 Å². The van der Waals surface area contributed by atoms with E-state index in [1.54, 1.807) is 37.4 Å². The van der Waals surface area contributed by atoms with Crippen LogP contribution in [-0.4, -0.2) is 60.0 Å². The van der Waals surface area contributed by atoms with E-state index in [-0.39, 0.29) is 11.9 Å². The molecule has 1 aromatic carbocycles. The van der Waals surface area contributed by atoms with E-state index in [4.69, 9.17) is 4.74 Å². The Morgan fingerprint density at radius 1 is 1.15 bits per heavy atom. The summed E-state index contributed by atoms with van der Waals surface area (Å²) in [6.07, 6.45) is 1.69. The van der Waals surface area contributed by atoms with E-state index in [0.29, 0.717) is 43.5 Å². The first-order valence-corrected chi connectivity index (χ1v) is 8.36. The van der Waals surface area contributed by atoms with Gasteiger partial charge in [-0.05, 0) is 24.3 Å². The molecule has 0 saturated carbocycles. The molecule has 8 nitrogen and oxygen atoms in total. The maximum absolute atomic E-state index is 11.6. The Morgan fingerprint density at radius 2 is 1.92 bits per heavy atom. The molecule has 0 aliphatic carbocycles. The lowest BCUT2D eigenvalue weighted by Crippen LogP contribution is -2.48. The summed E-state index contributed by atoms with van der Waals surface area (Å²) in [5.41, 5.74) is 1.20. The largest absolute Gasteiger partial charge is 0.465 e. The van der Waals surface area contributed by atoms with Gasteiger partial charge in [0.25, 0.3) is 0 Å². The average Bonchev–Trinajstić information content (AvgIpc) is 2.68. The molecular weight excluding hydrogens is 334 g/mol. The smallest absolute Gasteiger partial charge is 0.337 e. The first-order valence-electron chi connectivity index (χ1n) is 8.36. The topological polar surface area (TPSA) is 87.7 Å². The summed E-state index contributed by atoms with van der Waals surface area (Å²) in [7, 11) is 1.35. The Labute approximate surface area is 151 Å². The van der Waals surface area contributed by atoms with Gasteiger partial charge in [0.15, 0.2) is 0 Å². The first kappa shape index (κ1) is 17.7. The maximum atomic E-state index is 11.6. The Hall–Kier alpha value is -3.16. The number of amides is 1. The number of rotatable bonds is 4. The predicted molar refractivity (Wildman–Crippen MR) is 97.6 cm³/mol. The molecule has 0 atom stereocenters. The van der Waals surface area contributed by atoms with Gasteiger partial charge in [0.1, 0.15) is 5.82 Å². The number of hydrogen-bond acceptors (Lipinski definition) is 7. The molecule has 0 spiro atoms. The lowest BCUT2D eigenvalue weighted by molar-refractivity contribution is -0.129. The summed E-state index contributed by atoms with van der Waals surface area (Å²) in [6, 6.07) is 8.79. The van der Waals surface area contributed by atoms with Crippen molar-refractivity contribution in [2.45, 2.75) is 6.92 Å². The summed E-state index contributed by atoms with van der Waals surface area (Å²) >= 11 is 0. The normalized spacial score (nSPS) is 14.1. The molecule has 8 heteroatoms. The van der Waals surface area contributed by atoms with Gasteiger partial charge in [-0.2, -0.15) is 4.98 Å². The fraction of sp³-hybridized carbons (Fsp3) is 0.333. The molecule has 1 N–H and O–H groups in total. The van der Waals surface area contributed by atoms with Crippen LogP contribution in [0.5, 0.6) is 0 Å². The fourth-order valence-corrected chi connectivity index (χ4v) is 2.78. The van der Waals surface area contributed by atoms with Crippen LogP contribution in [0.25, 0.3) is 0 Å². The van der Waals surface area contributed by atoms with Gasteiger partial charge in [0, 0.05) is 45.0 Å². The van der Waals surface area contributed by atoms with Gasteiger partial charge >= 0.3 is 5.97 Å². The molecular formula is C18H21N5O3. The molecule has 1 aliphatic heterocycles. The zero-order valence-electron chi connectivity index (χ0n) is 14.8. The number of nitrogens with zero attached hydrogens (tertiary/aromatic N) is 4. The van der Waals surface area contributed by atoms with Crippen LogP contribution in [0.15, 0.2) is 36.5 Å². The second-order valence-corrected chi connectivity index (χ2v) is 5.93. The number of esters is 1. The average molecular weight is 355 g/mol. The van der Waals surface area contributed by atoms with Crippen molar-refractivity contribution in [2.24, 2.45) is 0 Å². The monoisotopic (exact) mass is 355 g/mol. The van der Waals surface area contributed by atoms with Gasteiger partial charge in [0.2, 0.25) is 11.9 Å². The molecule has 1 aromatic heterocycles. The van der Waals surface area contributed by atoms with Gasteiger partial charge in [0.05, 0.1) is 12.7 Å². The summed E-state index contributed by atoms with van der Waals surface area (Å²) in [4.78, 5) is 35.8. The minimum absolute atomic E-state index is 0.0893. The van der Waals surface area contributed by atoms with Gasteiger partial charge in [-0.1, -0.05) is 6.07 Å². The number of piperazine rings is 1. The van der Waals surface area contributed by atoms with E-state index in [9.17, 15) is 9.59 Å². The zero-order chi connectivity index (χ0) is 18.5. The number of nitrogens with one attached hydrogen (secondary N) is 1. The van der Waals surface area contributed by atoms with E-state index in [1.807, 2.05) is 11.0 Å². The van der Waals surface area contributed by atoms with Crippen molar-refractivity contribution in [1.82, 2.24) is 14.9 Å². The molecule has 0 bridgehead atoms. The van der Waals surface area contributed by atoms with E-state index in [1.165, 1.54) is 7.11 Å². The fourth-order valence-electron chi connectivity index (χ4n) is 2.78. The Morgan fingerprint density at radius 3 is 2.62 bits per heavy atom. The summed E-state index contributed by atoms with van der Waals surface area (Å²) in [5.74, 6) is 0.945. The standard InChI is InChI=1S/C18H21N5O3/c1-13(24)22-8-10-23(11-9-22)18-19-7-6-16(21-18)20-15-5-3-4-14(12-15)17(25)26-2/h3-7,12H,8-11H2,1-2H3,(H,19,20,21). The first-order chi connectivity index (χ1) is 12.6. The van der Waals surface area contributed by atoms with Crippen LogP contribution in [0.2, 0.25) is 0 Å². The van der Waals surface area contributed by atoms with Crippen LogP contribution in [0.1, 0.15) is 17.3 Å². The van der Waals surface area contributed by atoms with Crippen molar-refractivity contribution in [3.8, 4) is 0 Å². The van der Waals surface area contributed by atoms with Gasteiger partial charge in [-0.3, -0.25) is 4.79 Å². The highest BCUT2D eigenvalue weighted by Crippen LogP contribution is 2.19. The Balaban J connectivity index is 1.70. The number of hydrogen-bond donors (Lipinski definition) is 1. The van der Waals surface area contributed by atoms with Crippen LogP contribution in [0.4, 0.5) is 17.5 Å². The van der Waals surface area contributed by atoms with Gasteiger partial charge in [-0.15, -0.1) is 0 Å². The van der Waals surface area contributed by atoms with Crippen LogP contribution < -0.4 is 10.2 Å². The number of carbonyl (C=O) groups excluding carboxylic acids is 2. The third-order valence-electron chi connectivity index (χ3n) is 4.21. The molecule has 1 saturated heterocycles. The quantitative estimate of drug-likeness (QED) is 0.835. The lowest BCUT2D eigenvalue weighted by Gasteiger charge is -2.34. The second-order valence-electron chi connectivity index (χ2n) is 5.93. The molecule has 1 aliphatic rings. The van der Waals surface area contributed by atoms with Crippen molar-refractivity contribution in [3.63, 3.8) is 0 Å².